The third-order valence-electron chi connectivity index (χ3n) is 1.78. The molecule has 1 N–H and O–H groups in total. The Morgan fingerprint density at radius 2 is 2.38 bits per heavy atom. The maximum absolute atomic E-state index is 13.4. The van der Waals surface area contributed by atoms with E-state index in [4.69, 9.17) is 4.74 Å². The van der Waals surface area contributed by atoms with Crippen molar-refractivity contribution < 1.29 is 9.13 Å². The summed E-state index contributed by atoms with van der Waals surface area (Å²) in [6.45, 7) is 0. The van der Waals surface area contributed by atoms with Gasteiger partial charge < -0.3 is 9.72 Å². The number of hydrogen-bond acceptors (Lipinski definition) is 2. The van der Waals surface area contributed by atoms with E-state index >= 15 is 0 Å². The molecule has 0 aliphatic rings. The van der Waals surface area contributed by atoms with Crippen LogP contribution in [0.25, 0.3) is 11.0 Å². The van der Waals surface area contributed by atoms with Crippen LogP contribution in [-0.4, -0.2) is 17.1 Å². The predicted octanol–water partition coefficient (Wildman–Crippen LogP) is 2.47. The predicted molar refractivity (Wildman–Crippen MR) is 50.3 cm³/mol. The number of nitrogens with one attached hydrogen (secondary N) is 1. The number of rotatable bonds is 1. The van der Waals surface area contributed by atoms with Crippen LogP contribution in [0, 0.1) is 5.82 Å². The van der Waals surface area contributed by atoms with Gasteiger partial charge in [-0.1, -0.05) is 0 Å². The summed E-state index contributed by atoms with van der Waals surface area (Å²) < 4.78 is 18.8. The molecular weight excluding hydrogens is 239 g/mol. The summed E-state index contributed by atoms with van der Waals surface area (Å²) in [4.78, 5) is 6.66. The molecule has 2 rings (SSSR count). The van der Waals surface area contributed by atoms with Crippen molar-refractivity contribution in [2.75, 3.05) is 7.11 Å². The Labute approximate surface area is 82.1 Å². The molecular formula is C8H6BrFN2O. The van der Waals surface area contributed by atoms with Crippen LogP contribution in [0.2, 0.25) is 0 Å². The van der Waals surface area contributed by atoms with Crippen LogP contribution in [0.5, 0.6) is 5.75 Å². The first-order chi connectivity index (χ1) is 6.24. The molecule has 0 atom stereocenters. The van der Waals surface area contributed by atoms with E-state index in [0.717, 1.165) is 0 Å². The molecule has 0 bridgehead atoms. The van der Waals surface area contributed by atoms with Gasteiger partial charge in [0, 0.05) is 0 Å². The van der Waals surface area contributed by atoms with E-state index in [9.17, 15) is 4.39 Å². The van der Waals surface area contributed by atoms with Crippen LogP contribution < -0.4 is 4.74 Å². The topological polar surface area (TPSA) is 37.9 Å². The summed E-state index contributed by atoms with van der Waals surface area (Å²) in [5, 5.41) is 0. The van der Waals surface area contributed by atoms with Crippen LogP contribution in [0.15, 0.2) is 16.9 Å². The third-order valence-corrected chi connectivity index (χ3v) is 2.36. The minimum absolute atomic E-state index is 0.284. The normalized spacial score (nSPS) is 10.7. The fourth-order valence-corrected chi connectivity index (χ4v) is 1.57. The second-order valence-electron chi connectivity index (χ2n) is 2.50. The maximum Gasteiger partial charge on any atom is 0.165 e. The Morgan fingerprint density at radius 1 is 1.62 bits per heavy atom. The quantitative estimate of drug-likeness (QED) is 0.837. The summed E-state index contributed by atoms with van der Waals surface area (Å²) in [5.41, 5.74) is 0.856. The Balaban J connectivity index is 2.87. The molecule has 0 saturated heterocycles. The van der Waals surface area contributed by atoms with Gasteiger partial charge in [-0.25, -0.2) is 9.37 Å². The second-order valence-corrected chi connectivity index (χ2v) is 3.36. The van der Waals surface area contributed by atoms with E-state index in [-0.39, 0.29) is 11.3 Å². The van der Waals surface area contributed by atoms with Gasteiger partial charge in [-0.15, -0.1) is 0 Å². The van der Waals surface area contributed by atoms with Gasteiger partial charge in [-0.3, -0.25) is 0 Å². The van der Waals surface area contributed by atoms with E-state index in [1.165, 1.54) is 13.4 Å². The molecule has 3 nitrogen and oxygen atoms in total. The largest absolute Gasteiger partial charge is 0.494 e. The standard InChI is InChI=1S/C8H6BrFN2O/c1-13-5-2-4(9)6(10)8-7(5)11-3-12-8/h2-3H,1H3,(H,11,12). The van der Waals surface area contributed by atoms with Crippen molar-refractivity contribution in [3.63, 3.8) is 0 Å². The Bertz CT molecular complexity index is 455. The molecule has 2 aromatic rings. The highest BCUT2D eigenvalue weighted by Crippen LogP contribution is 2.30. The highest BCUT2D eigenvalue weighted by atomic mass is 79.9. The van der Waals surface area contributed by atoms with Gasteiger partial charge in [0.1, 0.15) is 16.8 Å². The third kappa shape index (κ3) is 1.19. The van der Waals surface area contributed by atoms with Crippen molar-refractivity contribution in [3.8, 4) is 5.75 Å². The summed E-state index contributed by atoms with van der Waals surface area (Å²) in [7, 11) is 1.53. The number of imidazole rings is 1. The number of methoxy groups -OCH3 is 1. The molecule has 68 valence electrons. The minimum atomic E-state index is -0.378. The smallest absolute Gasteiger partial charge is 0.165 e. The average Bonchev–Trinajstić information content (AvgIpc) is 2.60. The van der Waals surface area contributed by atoms with Gasteiger partial charge in [-0.05, 0) is 22.0 Å². The monoisotopic (exact) mass is 244 g/mol. The molecule has 0 spiro atoms. The Hall–Kier alpha value is -1.10. The number of aromatic nitrogens is 2. The number of aromatic amines is 1. The Morgan fingerprint density at radius 3 is 3.08 bits per heavy atom. The van der Waals surface area contributed by atoms with Crippen LogP contribution in [-0.2, 0) is 0 Å². The number of fused-ring (bicyclic) bond motifs is 1. The van der Waals surface area contributed by atoms with Gasteiger partial charge in [0.25, 0.3) is 0 Å². The van der Waals surface area contributed by atoms with E-state index < -0.39 is 0 Å². The molecule has 0 aliphatic heterocycles. The van der Waals surface area contributed by atoms with E-state index in [2.05, 4.69) is 25.9 Å². The van der Waals surface area contributed by atoms with Gasteiger partial charge in [0.05, 0.1) is 17.9 Å². The van der Waals surface area contributed by atoms with Crippen LogP contribution in [0.4, 0.5) is 4.39 Å². The SMILES string of the molecule is COc1cc(Br)c(F)c2nc[nH]c12. The lowest BCUT2D eigenvalue weighted by Gasteiger charge is -2.02. The molecule has 0 amide bonds. The van der Waals surface area contributed by atoms with Gasteiger partial charge >= 0.3 is 0 Å². The highest BCUT2D eigenvalue weighted by Gasteiger charge is 2.12. The highest BCUT2D eigenvalue weighted by molar-refractivity contribution is 9.10. The van der Waals surface area contributed by atoms with Crippen molar-refractivity contribution in [2.45, 2.75) is 0 Å². The van der Waals surface area contributed by atoms with Crippen molar-refractivity contribution in [1.82, 2.24) is 9.97 Å². The first-order valence-electron chi connectivity index (χ1n) is 3.59. The molecule has 0 aliphatic carbocycles. The fourth-order valence-electron chi connectivity index (χ4n) is 1.17. The van der Waals surface area contributed by atoms with E-state index in [1.807, 2.05) is 0 Å². The van der Waals surface area contributed by atoms with E-state index in [0.29, 0.717) is 15.7 Å². The van der Waals surface area contributed by atoms with Crippen molar-refractivity contribution in [3.05, 3.63) is 22.7 Å². The van der Waals surface area contributed by atoms with E-state index in [1.54, 1.807) is 6.07 Å². The van der Waals surface area contributed by atoms with Crippen molar-refractivity contribution >= 4 is 27.0 Å². The molecule has 0 radical (unpaired) electrons. The Kier molecular flexibility index (Phi) is 1.95. The second kappa shape index (κ2) is 2.99. The summed E-state index contributed by atoms with van der Waals surface area (Å²) in [6, 6.07) is 1.57. The number of hydrogen-bond donors (Lipinski definition) is 1. The lowest BCUT2D eigenvalue weighted by Crippen LogP contribution is -1.88. The summed E-state index contributed by atoms with van der Waals surface area (Å²) in [6.07, 6.45) is 1.43. The number of ether oxygens (including phenoxy) is 1. The summed E-state index contributed by atoms with van der Waals surface area (Å²) in [5.74, 6) is 0.192. The van der Waals surface area contributed by atoms with Gasteiger partial charge in [-0.2, -0.15) is 0 Å². The average molecular weight is 245 g/mol. The number of halogens is 2. The van der Waals surface area contributed by atoms with Crippen molar-refractivity contribution in [2.24, 2.45) is 0 Å². The first-order valence-corrected chi connectivity index (χ1v) is 4.38. The van der Waals surface area contributed by atoms with Crippen LogP contribution in [0.3, 0.4) is 0 Å². The molecule has 5 heteroatoms. The zero-order chi connectivity index (χ0) is 9.42. The zero-order valence-corrected chi connectivity index (χ0v) is 8.35. The first kappa shape index (κ1) is 8.50. The van der Waals surface area contributed by atoms with Gasteiger partial charge in [0.15, 0.2) is 5.82 Å². The lowest BCUT2D eigenvalue weighted by atomic mass is 10.3. The minimum Gasteiger partial charge on any atom is -0.494 e. The number of benzene rings is 1. The molecule has 0 saturated carbocycles. The molecule has 0 fully saturated rings. The zero-order valence-electron chi connectivity index (χ0n) is 6.77. The maximum atomic E-state index is 13.4. The number of nitrogens with zero attached hydrogens (tertiary/aromatic N) is 1. The molecule has 1 heterocycles. The summed E-state index contributed by atoms with van der Waals surface area (Å²) >= 11 is 3.08. The van der Waals surface area contributed by atoms with Crippen LogP contribution in [0.1, 0.15) is 0 Å². The number of H-pyrrole nitrogens is 1. The van der Waals surface area contributed by atoms with Crippen molar-refractivity contribution in [1.29, 1.82) is 0 Å². The van der Waals surface area contributed by atoms with Crippen LogP contribution >= 0.6 is 15.9 Å². The van der Waals surface area contributed by atoms with Gasteiger partial charge in [0.2, 0.25) is 0 Å². The molecule has 1 aromatic carbocycles. The molecule has 1 aromatic heterocycles. The lowest BCUT2D eigenvalue weighted by molar-refractivity contribution is 0.418. The molecule has 13 heavy (non-hydrogen) atoms. The fraction of sp³-hybridized carbons (Fsp3) is 0.125. The molecule has 0 unspecified atom stereocenters.